The minimum absolute atomic E-state index is 0.106. The zero-order chi connectivity index (χ0) is 23.0. The first kappa shape index (κ1) is 21.4. The zero-order valence-electron chi connectivity index (χ0n) is 17.4. The fraction of sp³-hybridized carbons (Fsp3) is 0.435. The Balaban J connectivity index is 1.48. The van der Waals surface area contributed by atoms with Crippen molar-refractivity contribution in [3.63, 3.8) is 0 Å². The van der Waals surface area contributed by atoms with Crippen LogP contribution in [0.25, 0.3) is 0 Å². The largest absolute Gasteiger partial charge is 0.459 e. The van der Waals surface area contributed by atoms with Gasteiger partial charge in [0.25, 0.3) is 0 Å². The summed E-state index contributed by atoms with van der Waals surface area (Å²) in [5.74, 6) is -6.14. The van der Waals surface area contributed by atoms with E-state index in [9.17, 15) is 27.5 Å². The van der Waals surface area contributed by atoms with Crippen LogP contribution >= 0.6 is 0 Å². The topological polar surface area (TPSA) is 59.1 Å². The first-order valence-electron chi connectivity index (χ1n) is 10.4. The van der Waals surface area contributed by atoms with Crippen LogP contribution in [0.5, 0.6) is 0 Å². The maximum absolute atomic E-state index is 13.9. The molecule has 2 aromatic rings. The fourth-order valence-corrected chi connectivity index (χ4v) is 5.38. The van der Waals surface area contributed by atoms with Crippen LogP contribution in [0.1, 0.15) is 24.0 Å². The van der Waals surface area contributed by atoms with E-state index >= 15 is 0 Å². The zero-order valence-corrected chi connectivity index (χ0v) is 17.4. The molecule has 3 aliphatic heterocycles. The Bertz CT molecular complexity index is 1040. The molecule has 0 radical (unpaired) electrons. The molecule has 5 nitrogen and oxygen atoms in total. The van der Waals surface area contributed by atoms with Crippen molar-refractivity contribution in [1.29, 1.82) is 0 Å². The molecule has 3 unspecified atom stereocenters. The van der Waals surface area contributed by atoms with E-state index < -0.39 is 40.9 Å². The molecule has 9 heteroatoms. The molecule has 2 aromatic carbocycles. The lowest BCUT2D eigenvalue weighted by Crippen LogP contribution is -2.60. The molecule has 0 aromatic heterocycles. The van der Waals surface area contributed by atoms with Gasteiger partial charge in [-0.25, -0.2) is 22.4 Å². The van der Waals surface area contributed by atoms with Crippen molar-refractivity contribution >= 4 is 5.97 Å². The predicted molar refractivity (Wildman–Crippen MR) is 103 cm³/mol. The summed E-state index contributed by atoms with van der Waals surface area (Å²) in [5.41, 5.74) is -3.37. The Morgan fingerprint density at radius 3 is 1.84 bits per heavy atom. The second-order valence-electron chi connectivity index (χ2n) is 9.30. The second kappa shape index (κ2) is 7.00. The van der Waals surface area contributed by atoms with E-state index in [-0.39, 0.29) is 35.4 Å². The molecule has 170 valence electrons. The molecule has 3 heterocycles. The molecule has 5 rings (SSSR count). The van der Waals surface area contributed by atoms with Gasteiger partial charge >= 0.3 is 5.97 Å². The van der Waals surface area contributed by atoms with Crippen molar-refractivity contribution in [2.24, 2.45) is 0 Å². The number of hydrogen-bond donors (Lipinski definition) is 1. The van der Waals surface area contributed by atoms with E-state index in [0.717, 1.165) is 28.7 Å². The average molecular weight is 452 g/mol. The lowest BCUT2D eigenvalue weighted by Gasteiger charge is -2.45. The van der Waals surface area contributed by atoms with Crippen LogP contribution in [0, 0.1) is 23.3 Å². The highest BCUT2D eigenvalue weighted by Gasteiger charge is 2.71. The molecule has 0 aliphatic carbocycles. The van der Waals surface area contributed by atoms with Gasteiger partial charge < -0.3 is 19.1 Å². The third-order valence-corrected chi connectivity index (χ3v) is 7.28. The second-order valence-corrected chi connectivity index (χ2v) is 9.30. The number of ether oxygens (including phenoxy) is 2. The molecule has 3 aliphatic rings. The van der Waals surface area contributed by atoms with Gasteiger partial charge in [0.1, 0.15) is 30.4 Å². The van der Waals surface area contributed by atoms with Crippen LogP contribution in [0.15, 0.2) is 36.4 Å². The molecule has 0 saturated carbocycles. The van der Waals surface area contributed by atoms with Crippen LogP contribution < -0.4 is 0 Å². The quantitative estimate of drug-likeness (QED) is 0.336. The molecule has 0 amide bonds. The van der Waals surface area contributed by atoms with E-state index in [2.05, 4.69) is 14.1 Å². The Morgan fingerprint density at radius 1 is 0.938 bits per heavy atom. The number of aliphatic hydroxyl groups is 1. The SMILES string of the molecule is C[N+]1(C)C2CC(OC(=O)C(O)(c3ccc(F)c(F)c3)c3ccc(F)c(F)c3)C[C@H]1[C@@H]1OC21. The van der Waals surface area contributed by atoms with Gasteiger partial charge in [0.2, 0.25) is 5.60 Å². The standard InChI is InChI=1S/C23H22F4NO4/c1-28(2)18-9-13(10-19(28)21-20(18)32-21)31-22(29)23(30,11-3-5-14(24)16(26)7-11)12-4-6-15(25)17(27)8-12/h3-8,13,18-21,30H,9-10H2,1-2H3/q+1/t13?,18-,19?,20-,21?/m0/s1. The van der Waals surface area contributed by atoms with E-state index in [1.807, 2.05) is 0 Å². The predicted octanol–water partition coefficient (Wildman–Crippen LogP) is 2.78. The van der Waals surface area contributed by atoms with Gasteiger partial charge in [-0.1, -0.05) is 12.1 Å². The maximum Gasteiger partial charge on any atom is 0.347 e. The minimum atomic E-state index is -2.66. The monoisotopic (exact) mass is 452 g/mol. The summed E-state index contributed by atoms with van der Waals surface area (Å²) in [5, 5.41) is 11.4. The number of fused-ring (bicyclic) bond motifs is 5. The van der Waals surface area contributed by atoms with Crippen molar-refractivity contribution in [3.05, 3.63) is 70.8 Å². The molecule has 32 heavy (non-hydrogen) atoms. The van der Waals surface area contributed by atoms with Gasteiger partial charge in [-0.15, -0.1) is 0 Å². The van der Waals surface area contributed by atoms with E-state index in [0.29, 0.717) is 25.0 Å². The summed E-state index contributed by atoms with van der Waals surface area (Å²) in [7, 11) is 4.20. The van der Waals surface area contributed by atoms with E-state index in [1.54, 1.807) is 0 Å². The first-order valence-corrected chi connectivity index (χ1v) is 10.4. The number of piperidine rings is 1. The fourth-order valence-electron chi connectivity index (χ4n) is 5.38. The minimum Gasteiger partial charge on any atom is -0.459 e. The van der Waals surface area contributed by atoms with Gasteiger partial charge in [0.05, 0.1) is 14.1 Å². The smallest absolute Gasteiger partial charge is 0.347 e. The molecule has 5 atom stereocenters. The summed E-state index contributed by atoms with van der Waals surface area (Å²) < 4.78 is 67.0. The van der Waals surface area contributed by atoms with Crippen LogP contribution in [0.4, 0.5) is 17.6 Å². The number of hydrogen-bond acceptors (Lipinski definition) is 4. The molecular weight excluding hydrogens is 430 g/mol. The summed E-state index contributed by atoms with van der Waals surface area (Å²) in [4.78, 5) is 13.3. The van der Waals surface area contributed by atoms with E-state index in [1.165, 1.54) is 0 Å². The van der Waals surface area contributed by atoms with Crippen LogP contribution in [0.3, 0.4) is 0 Å². The normalized spacial score (nSPS) is 30.0. The number of rotatable bonds is 4. The maximum atomic E-state index is 13.9. The lowest BCUT2D eigenvalue weighted by atomic mass is 9.85. The molecule has 1 N–H and O–H groups in total. The highest BCUT2D eigenvalue weighted by molar-refractivity contribution is 5.85. The van der Waals surface area contributed by atoms with Crippen molar-refractivity contribution in [3.8, 4) is 0 Å². The molecule has 3 fully saturated rings. The number of esters is 1. The van der Waals surface area contributed by atoms with Gasteiger partial charge in [-0.05, 0) is 24.3 Å². The lowest BCUT2D eigenvalue weighted by molar-refractivity contribution is -0.938. The highest BCUT2D eigenvalue weighted by atomic mass is 19.2. The van der Waals surface area contributed by atoms with Crippen LogP contribution in [0.2, 0.25) is 0 Å². The van der Waals surface area contributed by atoms with Gasteiger partial charge in [-0.3, -0.25) is 0 Å². The Hall–Kier alpha value is -2.49. The Labute approximate surface area is 181 Å². The number of benzene rings is 2. The summed E-state index contributed by atoms with van der Waals surface area (Å²) in [6, 6.07) is 5.04. The highest BCUT2D eigenvalue weighted by Crippen LogP contribution is 2.52. The molecular formula is C23H22F4NO4+. The van der Waals surface area contributed by atoms with Crippen LogP contribution in [-0.4, -0.2) is 60.0 Å². The number of nitrogens with zero attached hydrogens (tertiary/aromatic N) is 1. The van der Waals surface area contributed by atoms with Gasteiger partial charge in [0, 0.05) is 24.0 Å². The average Bonchev–Trinajstić information content (AvgIpc) is 3.50. The molecule has 0 spiro atoms. The molecule has 3 saturated heterocycles. The number of carbonyl (C=O) groups is 1. The van der Waals surface area contributed by atoms with Crippen molar-refractivity contribution < 1.29 is 41.4 Å². The van der Waals surface area contributed by atoms with Crippen molar-refractivity contribution in [2.45, 2.75) is 48.8 Å². The third-order valence-electron chi connectivity index (χ3n) is 7.28. The van der Waals surface area contributed by atoms with Crippen molar-refractivity contribution in [2.75, 3.05) is 14.1 Å². The third kappa shape index (κ3) is 3.06. The summed E-state index contributed by atoms with van der Waals surface area (Å²) in [6.45, 7) is 0. The number of likely N-dealkylation sites (N-methyl/N-ethyl adjacent to an activating group) is 1. The first-order chi connectivity index (χ1) is 15.0. The van der Waals surface area contributed by atoms with Crippen molar-refractivity contribution in [1.82, 2.24) is 0 Å². The number of quaternary nitrogens is 1. The molecule has 2 bridgehead atoms. The van der Waals surface area contributed by atoms with Crippen LogP contribution in [-0.2, 0) is 19.9 Å². The number of carbonyl (C=O) groups excluding carboxylic acids is 1. The van der Waals surface area contributed by atoms with Gasteiger partial charge in [-0.2, -0.15) is 0 Å². The Kier molecular flexibility index (Phi) is 4.67. The summed E-state index contributed by atoms with van der Waals surface area (Å²) in [6.07, 6.45) is 0.677. The Morgan fingerprint density at radius 2 is 1.41 bits per heavy atom. The van der Waals surface area contributed by atoms with E-state index in [4.69, 9.17) is 9.47 Å². The number of morpholine rings is 1. The summed E-state index contributed by atoms with van der Waals surface area (Å²) >= 11 is 0. The number of halogens is 4. The van der Waals surface area contributed by atoms with Gasteiger partial charge in [0.15, 0.2) is 23.3 Å². The number of epoxide rings is 1.